The van der Waals surface area contributed by atoms with Gasteiger partial charge in [0.15, 0.2) is 0 Å². The second-order valence-electron chi connectivity index (χ2n) is 4.41. The summed E-state index contributed by atoms with van der Waals surface area (Å²) in [7, 11) is 1.90. The molecule has 2 aromatic rings. The van der Waals surface area contributed by atoms with E-state index in [1.54, 1.807) is 11.3 Å². The highest BCUT2D eigenvalue weighted by atomic mass is 35.5. The Balaban J connectivity index is 0.00000200. The van der Waals surface area contributed by atoms with E-state index in [2.05, 4.69) is 10.6 Å². The van der Waals surface area contributed by atoms with Crippen LogP contribution in [0.3, 0.4) is 0 Å². The first kappa shape index (κ1) is 16.7. The van der Waals surface area contributed by atoms with Gasteiger partial charge in [-0.05, 0) is 37.0 Å². The minimum atomic E-state index is -0.123. The normalized spacial score (nSPS) is 11.5. The fraction of sp³-hybridized carbons (Fsp3) is 0.267. The molecule has 0 bridgehead atoms. The number of hydrogen-bond donors (Lipinski definition) is 2. The number of hydrogen-bond acceptors (Lipinski definition) is 3. The number of rotatable bonds is 5. The van der Waals surface area contributed by atoms with E-state index in [9.17, 15) is 4.79 Å². The van der Waals surface area contributed by atoms with Crippen LogP contribution in [0.25, 0.3) is 0 Å². The lowest BCUT2D eigenvalue weighted by Crippen LogP contribution is -2.19. The van der Waals surface area contributed by atoms with Crippen molar-refractivity contribution in [2.45, 2.75) is 19.4 Å². The van der Waals surface area contributed by atoms with Crippen molar-refractivity contribution in [3.63, 3.8) is 0 Å². The molecular formula is C15H19ClN2OS. The van der Waals surface area contributed by atoms with Gasteiger partial charge in [0.05, 0.1) is 5.92 Å². The van der Waals surface area contributed by atoms with Crippen LogP contribution in [0.5, 0.6) is 0 Å². The average molecular weight is 311 g/mol. The van der Waals surface area contributed by atoms with Gasteiger partial charge in [0, 0.05) is 17.1 Å². The van der Waals surface area contributed by atoms with Crippen molar-refractivity contribution in [2.24, 2.45) is 0 Å². The first-order valence-corrected chi connectivity index (χ1v) is 7.17. The minimum absolute atomic E-state index is 0. The van der Waals surface area contributed by atoms with Gasteiger partial charge in [-0.15, -0.1) is 23.7 Å². The maximum atomic E-state index is 12.2. The predicted octanol–water partition coefficient (Wildman–Crippen LogP) is 3.63. The zero-order valence-electron chi connectivity index (χ0n) is 11.6. The Bertz CT molecular complexity index is 543. The molecule has 20 heavy (non-hydrogen) atoms. The molecule has 0 aliphatic carbocycles. The number of benzene rings is 1. The van der Waals surface area contributed by atoms with E-state index >= 15 is 0 Å². The number of halogens is 1. The predicted molar refractivity (Wildman–Crippen MR) is 87.8 cm³/mol. The Hall–Kier alpha value is -1.36. The highest BCUT2D eigenvalue weighted by molar-refractivity contribution is 7.10. The standard InChI is InChI=1S/C15H18N2OS.ClH/c1-11(14-8-5-9-19-14)15(18)17-13-7-4-3-6-12(13)10-16-2;/h3-9,11,16H,10H2,1-2H3,(H,17,18);1H. The smallest absolute Gasteiger partial charge is 0.232 e. The van der Waals surface area contributed by atoms with Crippen molar-refractivity contribution >= 4 is 35.3 Å². The monoisotopic (exact) mass is 310 g/mol. The number of anilines is 1. The van der Waals surface area contributed by atoms with Crippen LogP contribution in [0.15, 0.2) is 41.8 Å². The Kier molecular flexibility index (Phi) is 6.71. The van der Waals surface area contributed by atoms with Crippen LogP contribution < -0.4 is 10.6 Å². The van der Waals surface area contributed by atoms with E-state index in [0.29, 0.717) is 0 Å². The molecule has 108 valence electrons. The fourth-order valence-electron chi connectivity index (χ4n) is 1.89. The SMILES string of the molecule is CNCc1ccccc1NC(=O)C(C)c1cccs1.Cl. The van der Waals surface area contributed by atoms with Crippen molar-refractivity contribution in [3.05, 3.63) is 52.2 Å². The Morgan fingerprint density at radius 3 is 2.65 bits per heavy atom. The van der Waals surface area contributed by atoms with Crippen LogP contribution in [-0.2, 0) is 11.3 Å². The van der Waals surface area contributed by atoms with E-state index in [1.165, 1.54) is 0 Å². The first-order chi connectivity index (χ1) is 9.22. The van der Waals surface area contributed by atoms with E-state index in [1.807, 2.05) is 55.7 Å². The molecule has 1 amide bonds. The fourth-order valence-corrected chi connectivity index (χ4v) is 2.68. The number of para-hydroxylation sites is 1. The lowest BCUT2D eigenvalue weighted by Gasteiger charge is -2.14. The van der Waals surface area contributed by atoms with Gasteiger partial charge in [-0.1, -0.05) is 24.3 Å². The van der Waals surface area contributed by atoms with Crippen LogP contribution in [0.2, 0.25) is 0 Å². The molecule has 0 saturated carbocycles. The molecular weight excluding hydrogens is 292 g/mol. The van der Waals surface area contributed by atoms with Crippen LogP contribution in [0.4, 0.5) is 5.69 Å². The second-order valence-corrected chi connectivity index (χ2v) is 5.39. The van der Waals surface area contributed by atoms with Gasteiger partial charge in [-0.3, -0.25) is 4.79 Å². The van der Waals surface area contributed by atoms with Gasteiger partial charge in [-0.25, -0.2) is 0 Å². The molecule has 1 aromatic carbocycles. The molecule has 0 fully saturated rings. The maximum absolute atomic E-state index is 12.2. The van der Waals surface area contributed by atoms with Gasteiger partial charge in [-0.2, -0.15) is 0 Å². The molecule has 5 heteroatoms. The Morgan fingerprint density at radius 2 is 2.00 bits per heavy atom. The van der Waals surface area contributed by atoms with Crippen molar-refractivity contribution in [1.29, 1.82) is 0 Å². The van der Waals surface area contributed by atoms with Crippen LogP contribution in [-0.4, -0.2) is 13.0 Å². The summed E-state index contributed by atoms with van der Waals surface area (Å²) in [5.41, 5.74) is 1.97. The minimum Gasteiger partial charge on any atom is -0.325 e. The highest BCUT2D eigenvalue weighted by Gasteiger charge is 2.16. The summed E-state index contributed by atoms with van der Waals surface area (Å²) in [6, 6.07) is 11.8. The summed E-state index contributed by atoms with van der Waals surface area (Å²) in [5.74, 6) is -0.0892. The van der Waals surface area contributed by atoms with Crippen LogP contribution in [0, 0.1) is 0 Å². The second kappa shape index (κ2) is 8.04. The van der Waals surface area contributed by atoms with Crippen LogP contribution >= 0.6 is 23.7 Å². The van der Waals surface area contributed by atoms with Gasteiger partial charge in [0.2, 0.25) is 5.91 Å². The zero-order valence-corrected chi connectivity index (χ0v) is 13.2. The van der Waals surface area contributed by atoms with E-state index in [0.717, 1.165) is 22.7 Å². The van der Waals surface area contributed by atoms with E-state index in [-0.39, 0.29) is 24.2 Å². The van der Waals surface area contributed by atoms with Crippen molar-refractivity contribution in [1.82, 2.24) is 5.32 Å². The molecule has 1 aromatic heterocycles. The van der Waals surface area contributed by atoms with Gasteiger partial charge < -0.3 is 10.6 Å². The maximum Gasteiger partial charge on any atom is 0.232 e. The van der Waals surface area contributed by atoms with Gasteiger partial charge >= 0.3 is 0 Å². The molecule has 1 atom stereocenters. The van der Waals surface area contributed by atoms with Crippen molar-refractivity contribution in [2.75, 3.05) is 12.4 Å². The number of amides is 1. The molecule has 0 saturated heterocycles. The number of carbonyl (C=O) groups excluding carboxylic acids is 1. The Morgan fingerprint density at radius 1 is 1.25 bits per heavy atom. The largest absolute Gasteiger partial charge is 0.325 e. The van der Waals surface area contributed by atoms with E-state index in [4.69, 9.17) is 0 Å². The summed E-state index contributed by atoms with van der Waals surface area (Å²) >= 11 is 1.61. The molecule has 3 nitrogen and oxygen atoms in total. The van der Waals surface area contributed by atoms with Crippen molar-refractivity contribution in [3.8, 4) is 0 Å². The third kappa shape index (κ3) is 4.07. The average Bonchev–Trinajstić information content (AvgIpc) is 2.94. The lowest BCUT2D eigenvalue weighted by atomic mass is 10.1. The van der Waals surface area contributed by atoms with E-state index < -0.39 is 0 Å². The molecule has 2 N–H and O–H groups in total. The molecule has 2 rings (SSSR count). The Labute approximate surface area is 129 Å². The summed E-state index contributed by atoms with van der Waals surface area (Å²) in [6.45, 7) is 2.67. The molecule has 0 aliphatic rings. The summed E-state index contributed by atoms with van der Waals surface area (Å²) in [5, 5.41) is 8.11. The van der Waals surface area contributed by atoms with Crippen molar-refractivity contribution < 1.29 is 4.79 Å². The quantitative estimate of drug-likeness (QED) is 0.885. The summed E-state index contributed by atoms with van der Waals surface area (Å²) in [6.07, 6.45) is 0. The van der Waals surface area contributed by atoms with Crippen LogP contribution in [0.1, 0.15) is 23.3 Å². The number of nitrogens with one attached hydrogen (secondary N) is 2. The third-order valence-corrected chi connectivity index (χ3v) is 4.06. The highest BCUT2D eigenvalue weighted by Crippen LogP contribution is 2.23. The molecule has 1 heterocycles. The first-order valence-electron chi connectivity index (χ1n) is 6.29. The third-order valence-electron chi connectivity index (χ3n) is 3.01. The lowest BCUT2D eigenvalue weighted by molar-refractivity contribution is -0.117. The molecule has 0 radical (unpaired) electrons. The zero-order chi connectivity index (χ0) is 13.7. The topological polar surface area (TPSA) is 41.1 Å². The van der Waals surface area contributed by atoms with Gasteiger partial charge in [0.1, 0.15) is 0 Å². The summed E-state index contributed by atoms with van der Waals surface area (Å²) in [4.78, 5) is 13.3. The molecule has 0 aliphatic heterocycles. The van der Waals surface area contributed by atoms with Gasteiger partial charge in [0.25, 0.3) is 0 Å². The summed E-state index contributed by atoms with van der Waals surface area (Å²) < 4.78 is 0. The molecule has 1 unspecified atom stereocenters. The number of carbonyl (C=O) groups is 1. The molecule has 0 spiro atoms. The number of thiophene rings is 1.